The molecule has 0 unspecified atom stereocenters. The van der Waals surface area contributed by atoms with Crippen LogP contribution in [0.15, 0.2) is 24.3 Å². The van der Waals surface area contributed by atoms with Gasteiger partial charge in [0.1, 0.15) is 0 Å². The van der Waals surface area contributed by atoms with Gasteiger partial charge in [-0.25, -0.2) is 9.97 Å². The number of aryl methyl sites for hydroxylation is 4. The molecule has 8 N–H and O–H groups in total. The number of nitrogens with zero attached hydrogens (tertiary/aromatic N) is 2. The molecule has 2 aliphatic heterocycles. The molecular weight excluding hydrogens is 660 g/mol. The summed E-state index contributed by atoms with van der Waals surface area (Å²) in [6.07, 6.45) is 2.63. The maximum Gasteiger partial charge on any atom is 0.220 e. The van der Waals surface area contributed by atoms with E-state index in [0.717, 1.165) is 74.2 Å². The normalized spacial score (nSPS) is 13.2. The molecule has 5 rings (SSSR count). The second-order valence-corrected chi connectivity index (χ2v) is 13.6. The number of allylic oxidation sites excluding steroid dienone is 4. The lowest BCUT2D eigenvalue weighted by atomic mass is 9.98. The van der Waals surface area contributed by atoms with Crippen LogP contribution in [0, 0.1) is 13.8 Å². The van der Waals surface area contributed by atoms with Crippen LogP contribution in [-0.4, -0.2) is 90.7 Å². The van der Waals surface area contributed by atoms with Gasteiger partial charge in [-0.05, 0) is 122 Å². The van der Waals surface area contributed by atoms with Crippen LogP contribution >= 0.6 is 0 Å². The molecule has 0 radical (unpaired) electrons. The van der Waals surface area contributed by atoms with Crippen LogP contribution in [0.5, 0.6) is 0 Å². The number of aliphatic hydroxyl groups is 4. The summed E-state index contributed by atoms with van der Waals surface area (Å²) in [5.41, 5.74) is 15.2. The van der Waals surface area contributed by atoms with Crippen LogP contribution in [0.4, 0.5) is 0 Å². The zero-order valence-electron chi connectivity index (χ0n) is 31.0. The van der Waals surface area contributed by atoms with E-state index in [4.69, 9.17) is 9.97 Å². The highest BCUT2D eigenvalue weighted by molar-refractivity contribution is 5.97. The molecule has 3 aromatic heterocycles. The van der Waals surface area contributed by atoms with Crippen LogP contribution in [0.25, 0.3) is 44.4 Å². The third-order valence-corrected chi connectivity index (χ3v) is 10.3. The van der Waals surface area contributed by atoms with Crippen molar-refractivity contribution in [2.75, 3.05) is 26.4 Å². The van der Waals surface area contributed by atoms with Crippen molar-refractivity contribution in [2.24, 2.45) is 0 Å². The summed E-state index contributed by atoms with van der Waals surface area (Å²) in [7, 11) is 0. The molecule has 12 nitrogen and oxygen atoms in total. The number of fused-ring (bicyclic) bond motifs is 8. The largest absolute Gasteiger partial charge is 0.394 e. The van der Waals surface area contributed by atoms with E-state index in [1.54, 1.807) is 0 Å². The maximum absolute atomic E-state index is 12.9. The highest BCUT2D eigenvalue weighted by atomic mass is 16.3. The number of H-pyrrole nitrogens is 2. The fourth-order valence-electron chi connectivity index (χ4n) is 7.13. The standard InChI is InChI=1S/C40H52N6O6/c1-7-27-21(3)31-13-32-23(5)29(9-11-39(51)41-25(17-47)18-48)37(45-32)16-38-30(10-12-40(52)42-26(19-49)20-50)24(6)34(46-38)15-36-28(8-2)22(4)33(44-36)14-35(27)43-31/h13-16,25-26,43-44,47-50H,7-12,17-20H2,1-6H3,(H,41,51)(H,42,52). The van der Waals surface area contributed by atoms with Crippen LogP contribution in [0.1, 0.15) is 98.4 Å². The first kappa shape index (κ1) is 38.6. The van der Waals surface area contributed by atoms with E-state index >= 15 is 0 Å². The molecule has 0 fully saturated rings. The van der Waals surface area contributed by atoms with Crippen molar-refractivity contribution in [1.82, 2.24) is 30.6 Å². The topological polar surface area (TPSA) is 196 Å². The number of aromatic nitrogens is 4. The molecule has 0 aliphatic carbocycles. The average molecular weight is 713 g/mol. The van der Waals surface area contributed by atoms with E-state index in [1.807, 2.05) is 19.9 Å². The summed E-state index contributed by atoms with van der Waals surface area (Å²) in [5.74, 6) is -0.586. The van der Waals surface area contributed by atoms with Gasteiger partial charge < -0.3 is 41.0 Å². The van der Waals surface area contributed by atoms with Crippen molar-refractivity contribution >= 4 is 56.2 Å². The number of aliphatic hydroxyl groups excluding tert-OH is 4. The minimum absolute atomic E-state index is 0.119. The predicted molar refractivity (Wildman–Crippen MR) is 205 cm³/mol. The molecule has 0 saturated carbocycles. The summed E-state index contributed by atoms with van der Waals surface area (Å²) in [4.78, 5) is 43.3. The fraction of sp³-hybridized carbons (Fsp3) is 0.450. The van der Waals surface area contributed by atoms with E-state index in [2.05, 4.69) is 66.5 Å². The molecule has 0 aromatic carbocycles. The summed E-state index contributed by atoms with van der Waals surface area (Å²) in [5, 5.41) is 43.3. The first-order chi connectivity index (χ1) is 25.0. The van der Waals surface area contributed by atoms with Gasteiger partial charge in [0.2, 0.25) is 11.8 Å². The molecule has 0 saturated heterocycles. The van der Waals surface area contributed by atoms with Gasteiger partial charge in [-0.3, -0.25) is 9.59 Å². The molecule has 2 amide bonds. The number of hydrogen-bond acceptors (Lipinski definition) is 8. The lowest BCUT2D eigenvalue weighted by Crippen LogP contribution is -2.39. The summed E-state index contributed by atoms with van der Waals surface area (Å²) in [6.45, 7) is 11.1. The molecule has 278 valence electrons. The Morgan fingerprint density at radius 1 is 0.596 bits per heavy atom. The average Bonchev–Trinajstić information content (AvgIpc) is 3.80. The van der Waals surface area contributed by atoms with E-state index < -0.39 is 12.1 Å². The predicted octanol–water partition coefficient (Wildman–Crippen LogP) is 4.42. The monoisotopic (exact) mass is 712 g/mol. The van der Waals surface area contributed by atoms with Gasteiger partial charge in [-0.2, -0.15) is 0 Å². The Bertz CT molecular complexity index is 2070. The minimum Gasteiger partial charge on any atom is -0.394 e. The summed E-state index contributed by atoms with van der Waals surface area (Å²) < 4.78 is 0. The molecule has 3 aromatic rings. The number of aromatic amines is 2. The molecule has 0 atom stereocenters. The third-order valence-electron chi connectivity index (χ3n) is 10.3. The van der Waals surface area contributed by atoms with Crippen LogP contribution in [-0.2, 0) is 22.4 Å². The van der Waals surface area contributed by atoms with Gasteiger partial charge in [-0.15, -0.1) is 0 Å². The van der Waals surface area contributed by atoms with Gasteiger partial charge in [-0.1, -0.05) is 13.8 Å². The Balaban J connectivity index is 1.74. The van der Waals surface area contributed by atoms with E-state index in [-0.39, 0.29) is 51.1 Å². The lowest BCUT2D eigenvalue weighted by molar-refractivity contribution is -0.123. The molecule has 52 heavy (non-hydrogen) atoms. The van der Waals surface area contributed by atoms with E-state index in [1.165, 1.54) is 16.7 Å². The van der Waals surface area contributed by atoms with Crippen molar-refractivity contribution in [1.29, 1.82) is 0 Å². The number of nitrogens with one attached hydrogen (secondary N) is 4. The summed E-state index contributed by atoms with van der Waals surface area (Å²) >= 11 is 0. The zero-order valence-corrected chi connectivity index (χ0v) is 31.0. The van der Waals surface area contributed by atoms with Crippen molar-refractivity contribution in [3.63, 3.8) is 0 Å². The van der Waals surface area contributed by atoms with Gasteiger partial charge in [0.05, 0.1) is 61.3 Å². The zero-order chi connectivity index (χ0) is 37.7. The molecule has 12 heteroatoms. The Labute approximate surface area is 304 Å². The Kier molecular flexibility index (Phi) is 12.5. The van der Waals surface area contributed by atoms with Crippen LogP contribution in [0.3, 0.4) is 0 Å². The highest BCUT2D eigenvalue weighted by Crippen LogP contribution is 2.38. The Morgan fingerprint density at radius 2 is 0.981 bits per heavy atom. The molecule has 5 heterocycles. The summed E-state index contributed by atoms with van der Waals surface area (Å²) in [6, 6.07) is 6.76. The van der Waals surface area contributed by atoms with E-state index in [9.17, 15) is 30.0 Å². The quantitative estimate of drug-likeness (QED) is 0.120. The first-order valence-electron chi connectivity index (χ1n) is 18.1. The fourth-order valence-corrected chi connectivity index (χ4v) is 7.13. The number of amides is 2. The number of carbonyl (C=O) groups excluding carboxylic acids is 2. The second-order valence-electron chi connectivity index (χ2n) is 13.6. The van der Waals surface area contributed by atoms with Gasteiger partial charge in [0.15, 0.2) is 0 Å². The Morgan fingerprint density at radius 3 is 1.38 bits per heavy atom. The van der Waals surface area contributed by atoms with E-state index in [0.29, 0.717) is 24.2 Å². The minimum atomic E-state index is -0.734. The van der Waals surface area contributed by atoms with Crippen molar-refractivity contribution < 1.29 is 30.0 Å². The molecule has 8 bridgehead atoms. The van der Waals surface area contributed by atoms with Gasteiger partial charge >= 0.3 is 0 Å². The molecule has 2 aliphatic rings. The maximum atomic E-state index is 12.9. The van der Waals surface area contributed by atoms with Gasteiger partial charge in [0.25, 0.3) is 0 Å². The Hall–Kier alpha value is -4.62. The highest BCUT2D eigenvalue weighted by Gasteiger charge is 2.24. The number of rotatable bonds is 14. The third kappa shape index (κ3) is 8.05. The first-order valence-corrected chi connectivity index (χ1v) is 18.1. The SMILES string of the molecule is CCc1c(C)c2cc3[nH]c(cc4nc(cc5nc(cc1[nH]2)C(C)=C5CCC(=O)NC(CO)CO)C(CCC(=O)NC(CO)CO)=C4C)c(C)c3CC. The lowest BCUT2D eigenvalue weighted by Gasteiger charge is -2.14. The second kappa shape index (κ2) is 16.8. The molecule has 0 spiro atoms. The van der Waals surface area contributed by atoms with Crippen LogP contribution < -0.4 is 10.6 Å². The van der Waals surface area contributed by atoms with Crippen molar-refractivity contribution in [3.8, 4) is 0 Å². The number of hydrogen-bond donors (Lipinski definition) is 8. The van der Waals surface area contributed by atoms with Crippen molar-refractivity contribution in [3.05, 3.63) is 69.3 Å². The molecular formula is C40H52N6O6. The van der Waals surface area contributed by atoms with Crippen LogP contribution in [0.2, 0.25) is 0 Å². The smallest absolute Gasteiger partial charge is 0.220 e. The van der Waals surface area contributed by atoms with Crippen molar-refractivity contribution in [2.45, 2.75) is 92.2 Å². The number of carbonyl (C=O) groups is 2. The van der Waals surface area contributed by atoms with Gasteiger partial charge in [0, 0.05) is 34.9 Å².